The molecular formula is C45H47BClNO8Si. The molecule has 4 atom stereocenters. The predicted molar refractivity (Wildman–Crippen MR) is 224 cm³/mol. The highest BCUT2D eigenvalue weighted by Crippen LogP contribution is 2.51. The van der Waals surface area contributed by atoms with Crippen molar-refractivity contribution in [1.82, 2.24) is 4.90 Å². The Balaban J connectivity index is 1.33. The van der Waals surface area contributed by atoms with Gasteiger partial charge in [0.15, 0.2) is 0 Å². The molecule has 2 N–H and O–H groups in total. The van der Waals surface area contributed by atoms with E-state index < -0.39 is 57.2 Å². The van der Waals surface area contributed by atoms with Crippen LogP contribution in [0.2, 0.25) is 16.4 Å². The number of halogens is 1. The van der Waals surface area contributed by atoms with Crippen LogP contribution >= 0.6 is 11.6 Å². The number of hydrogen-bond donors (Lipinski definition) is 2. The first-order valence-electron chi connectivity index (χ1n) is 19.3. The van der Waals surface area contributed by atoms with Crippen molar-refractivity contribution < 1.29 is 38.3 Å². The lowest BCUT2D eigenvalue weighted by Gasteiger charge is -2.46. The standard InChI is InChI=1S/C45H47BClNO8Si/c1-45(2,3)57(34-16-10-6-11-17-34,35-18-12-7-13-19-35)55-28-32-25-36-41(43(51)48(42(36)50)44(52)54-4)37-27-46(53)56-39(40(32)37)23-21-30(29-14-8-5-9-15-29)24-31-20-22-33(49)26-38(31)47/h5-20,22,24,26,36-37,39,41,49,53H,21,23,25,27-28H2,1-4H3/b30-24-/t36-,37+,39-,41-/m1/s1. The zero-order valence-electron chi connectivity index (χ0n) is 32.6. The molecule has 0 spiro atoms. The summed E-state index contributed by atoms with van der Waals surface area (Å²) in [5.74, 6) is -3.44. The molecule has 3 amide bonds. The van der Waals surface area contributed by atoms with Crippen LogP contribution in [0.15, 0.2) is 120 Å². The second-order valence-corrected chi connectivity index (χ2v) is 20.7. The average molecular weight is 804 g/mol. The zero-order valence-corrected chi connectivity index (χ0v) is 34.3. The van der Waals surface area contributed by atoms with Crippen molar-refractivity contribution in [2.24, 2.45) is 17.8 Å². The van der Waals surface area contributed by atoms with Crippen molar-refractivity contribution in [1.29, 1.82) is 0 Å². The number of phenolic OH excluding ortho intramolecular Hbond substituents is 1. The number of hydrogen-bond acceptors (Lipinski definition) is 8. The summed E-state index contributed by atoms with van der Waals surface area (Å²) in [5, 5.41) is 23.6. The fraction of sp³-hybridized carbons (Fsp3) is 0.311. The van der Waals surface area contributed by atoms with Gasteiger partial charge in [-0.3, -0.25) is 9.59 Å². The van der Waals surface area contributed by atoms with E-state index in [1.165, 1.54) is 6.07 Å². The summed E-state index contributed by atoms with van der Waals surface area (Å²) < 4.78 is 18.7. The minimum atomic E-state index is -3.06. The van der Waals surface area contributed by atoms with Crippen LogP contribution in [-0.2, 0) is 23.4 Å². The topological polar surface area (TPSA) is 123 Å². The Labute approximate surface area is 340 Å². The van der Waals surface area contributed by atoms with Gasteiger partial charge in [0.1, 0.15) is 5.75 Å². The molecule has 4 aromatic rings. The van der Waals surface area contributed by atoms with Gasteiger partial charge >= 0.3 is 13.2 Å². The third-order valence-corrected chi connectivity index (χ3v) is 17.0. The molecule has 0 bridgehead atoms. The SMILES string of the molecule is COC(=O)N1C(=O)[C@@H]2[C@@H](CC(CO[Si](c3ccccc3)(c3ccccc3)C(C)(C)C)=C3[C@@H](CC/C(=C/c4ccc(O)cc4Cl)c4ccccc4)OB(O)C[C@@H]32)C1=O. The van der Waals surface area contributed by atoms with E-state index in [0.717, 1.165) is 45.3 Å². The van der Waals surface area contributed by atoms with Crippen LogP contribution in [-0.4, -0.2) is 68.2 Å². The second-order valence-electron chi connectivity index (χ2n) is 16.0. The number of fused-ring (bicyclic) bond motifs is 3. The molecule has 9 nitrogen and oxygen atoms in total. The lowest BCUT2D eigenvalue weighted by molar-refractivity contribution is -0.137. The van der Waals surface area contributed by atoms with E-state index in [1.807, 2.05) is 72.8 Å². The summed E-state index contributed by atoms with van der Waals surface area (Å²) in [7, 11) is -3.13. The number of allylic oxidation sites excluding steroid dienone is 1. The smallest absolute Gasteiger partial charge is 0.455 e. The number of nitrogens with zero attached hydrogens (tertiary/aromatic N) is 1. The molecule has 294 valence electrons. The number of benzene rings is 4. The van der Waals surface area contributed by atoms with Gasteiger partial charge < -0.3 is 23.9 Å². The number of aromatic hydroxyl groups is 1. The summed E-state index contributed by atoms with van der Waals surface area (Å²) >= 11 is 6.58. The van der Waals surface area contributed by atoms with E-state index >= 15 is 0 Å². The number of imide groups is 3. The summed E-state index contributed by atoms with van der Waals surface area (Å²) in [4.78, 5) is 41.5. The highest BCUT2D eigenvalue weighted by molar-refractivity contribution is 6.99. The van der Waals surface area contributed by atoms with Crippen LogP contribution in [0.25, 0.3) is 11.6 Å². The van der Waals surface area contributed by atoms with Crippen LogP contribution in [0.5, 0.6) is 5.75 Å². The lowest BCUT2D eigenvalue weighted by atomic mass is 9.58. The van der Waals surface area contributed by atoms with Crippen molar-refractivity contribution in [3.63, 3.8) is 0 Å². The summed E-state index contributed by atoms with van der Waals surface area (Å²) in [6, 6.07) is 35.3. The van der Waals surface area contributed by atoms with E-state index in [2.05, 4.69) is 45.0 Å². The first-order valence-corrected chi connectivity index (χ1v) is 21.6. The molecule has 2 saturated heterocycles. The normalized spacial score (nSPS) is 21.4. The molecule has 0 unspecified atom stereocenters. The number of likely N-dealkylation sites (tertiary alicyclic amines) is 1. The summed E-state index contributed by atoms with van der Waals surface area (Å²) in [5.41, 5.74) is 4.32. The van der Waals surface area contributed by atoms with Crippen LogP contribution in [0.4, 0.5) is 4.79 Å². The molecule has 2 aliphatic heterocycles. The maximum absolute atomic E-state index is 14.0. The Morgan fingerprint density at radius 1 is 0.930 bits per heavy atom. The Bertz CT molecular complexity index is 2150. The van der Waals surface area contributed by atoms with E-state index in [4.69, 9.17) is 25.4 Å². The van der Waals surface area contributed by atoms with Crippen LogP contribution < -0.4 is 10.4 Å². The molecule has 0 radical (unpaired) electrons. The number of carbonyl (C=O) groups excluding carboxylic acids is 3. The van der Waals surface area contributed by atoms with Crippen molar-refractivity contribution in [3.05, 3.63) is 136 Å². The molecule has 2 heterocycles. The predicted octanol–water partition coefficient (Wildman–Crippen LogP) is 7.51. The quantitative estimate of drug-likeness (QED) is 0.0732. The molecule has 57 heavy (non-hydrogen) atoms. The Kier molecular flexibility index (Phi) is 11.8. The molecule has 0 aromatic heterocycles. The van der Waals surface area contributed by atoms with Gasteiger partial charge in [0.2, 0.25) is 11.8 Å². The van der Waals surface area contributed by atoms with Gasteiger partial charge in [-0.15, -0.1) is 0 Å². The van der Waals surface area contributed by atoms with Gasteiger partial charge in [-0.2, -0.15) is 4.90 Å². The van der Waals surface area contributed by atoms with Gasteiger partial charge in [-0.1, -0.05) is 123 Å². The van der Waals surface area contributed by atoms with Gasteiger partial charge in [0.25, 0.3) is 8.32 Å². The van der Waals surface area contributed by atoms with Gasteiger partial charge in [0.05, 0.1) is 36.7 Å². The van der Waals surface area contributed by atoms with E-state index in [0.29, 0.717) is 22.8 Å². The minimum absolute atomic E-state index is 0.0649. The maximum atomic E-state index is 14.0. The number of ether oxygens (including phenoxy) is 1. The fourth-order valence-electron chi connectivity index (χ4n) is 9.18. The molecule has 3 aliphatic rings. The third kappa shape index (κ3) is 7.79. The largest absolute Gasteiger partial charge is 0.508 e. The molecule has 4 aromatic carbocycles. The number of carbonyl (C=O) groups is 3. The van der Waals surface area contributed by atoms with Crippen molar-refractivity contribution in [2.75, 3.05) is 13.7 Å². The fourth-order valence-corrected chi connectivity index (χ4v) is 14.0. The van der Waals surface area contributed by atoms with E-state index in [1.54, 1.807) is 12.1 Å². The van der Waals surface area contributed by atoms with Crippen LogP contribution in [0.3, 0.4) is 0 Å². The number of amides is 3. The van der Waals surface area contributed by atoms with E-state index in [9.17, 15) is 24.5 Å². The van der Waals surface area contributed by atoms with Crippen LogP contribution in [0, 0.1) is 17.8 Å². The molecule has 0 saturated carbocycles. The monoisotopic (exact) mass is 803 g/mol. The van der Waals surface area contributed by atoms with Crippen molar-refractivity contribution in [3.8, 4) is 5.75 Å². The minimum Gasteiger partial charge on any atom is -0.508 e. The molecule has 12 heteroatoms. The molecule has 2 fully saturated rings. The molecular weight excluding hydrogens is 757 g/mol. The Morgan fingerprint density at radius 3 is 2.12 bits per heavy atom. The number of phenols is 1. The Morgan fingerprint density at radius 2 is 1.54 bits per heavy atom. The zero-order chi connectivity index (χ0) is 40.5. The molecule has 1 aliphatic carbocycles. The second kappa shape index (κ2) is 16.6. The molecule has 7 rings (SSSR count). The first kappa shape index (κ1) is 40.4. The van der Waals surface area contributed by atoms with Crippen molar-refractivity contribution in [2.45, 2.75) is 57.5 Å². The van der Waals surface area contributed by atoms with Gasteiger partial charge in [-0.05, 0) is 99.0 Å². The van der Waals surface area contributed by atoms with Gasteiger partial charge in [-0.25, -0.2) is 4.79 Å². The lowest BCUT2D eigenvalue weighted by Crippen LogP contribution is -2.66. The summed E-state index contributed by atoms with van der Waals surface area (Å²) in [6.07, 6.45) is 1.51. The maximum Gasteiger partial charge on any atom is 0.455 e. The van der Waals surface area contributed by atoms with E-state index in [-0.39, 0.29) is 30.1 Å². The number of methoxy groups -OCH3 is 1. The highest BCUT2D eigenvalue weighted by Gasteiger charge is 2.60. The van der Waals surface area contributed by atoms with Crippen molar-refractivity contribution >= 4 is 67.0 Å². The third-order valence-electron chi connectivity index (χ3n) is 11.7. The van der Waals surface area contributed by atoms with Gasteiger partial charge in [0, 0.05) is 0 Å². The van der Waals surface area contributed by atoms with Crippen LogP contribution in [0.1, 0.15) is 51.2 Å². The highest BCUT2D eigenvalue weighted by atomic mass is 35.5. The first-order chi connectivity index (χ1) is 27.3. The summed E-state index contributed by atoms with van der Waals surface area (Å²) in [6.45, 7) is 6.75. The number of rotatable bonds is 10. The Hall–Kier alpha value is -4.78. The average Bonchev–Trinajstić information content (AvgIpc) is 3.45.